The highest BCUT2D eigenvalue weighted by molar-refractivity contribution is 5.76. The summed E-state index contributed by atoms with van der Waals surface area (Å²) in [6.45, 7) is 0. The molecule has 7 heteroatoms. The monoisotopic (exact) mass is 340 g/mol. The van der Waals surface area contributed by atoms with Crippen LogP contribution >= 0.6 is 0 Å². The molecule has 128 valence electrons. The molecule has 7 nitrogen and oxygen atoms in total. The molecule has 0 saturated heterocycles. The van der Waals surface area contributed by atoms with Crippen molar-refractivity contribution >= 4 is 0 Å². The quantitative estimate of drug-likeness (QED) is 0.737. The lowest BCUT2D eigenvalue weighted by atomic mass is 10.0. The van der Waals surface area contributed by atoms with E-state index in [1.54, 1.807) is 19.2 Å². The van der Waals surface area contributed by atoms with E-state index in [1.165, 1.54) is 7.05 Å². The molecule has 1 N–H and O–H groups in total. The molecule has 0 unspecified atom stereocenters. The van der Waals surface area contributed by atoms with E-state index in [2.05, 4.69) is 0 Å². The molecule has 0 atom stereocenters. The van der Waals surface area contributed by atoms with Crippen LogP contribution in [-0.2, 0) is 7.05 Å². The normalized spacial score (nSPS) is 10.5. The van der Waals surface area contributed by atoms with Crippen LogP contribution in [0.5, 0.6) is 17.4 Å². The fourth-order valence-electron chi connectivity index (χ4n) is 2.45. The van der Waals surface area contributed by atoms with Crippen molar-refractivity contribution in [3.05, 3.63) is 75.4 Å². The van der Waals surface area contributed by atoms with Crippen molar-refractivity contribution in [3.63, 3.8) is 0 Å². The number of ether oxygens (including phenoxy) is 2. The van der Waals surface area contributed by atoms with Crippen molar-refractivity contribution in [2.45, 2.75) is 0 Å². The third-order valence-electron chi connectivity index (χ3n) is 3.75. The van der Waals surface area contributed by atoms with E-state index in [0.29, 0.717) is 11.5 Å². The molecule has 0 radical (unpaired) electrons. The fraction of sp³-hybridized carbons (Fsp3) is 0.111. The molecule has 3 rings (SSSR count). The molecule has 0 fully saturated rings. The van der Waals surface area contributed by atoms with Crippen molar-refractivity contribution in [2.24, 2.45) is 7.05 Å². The van der Waals surface area contributed by atoms with Gasteiger partial charge in [0.2, 0.25) is 5.88 Å². The van der Waals surface area contributed by atoms with E-state index < -0.39 is 11.2 Å². The van der Waals surface area contributed by atoms with Crippen molar-refractivity contribution in [1.82, 2.24) is 9.30 Å². The lowest BCUT2D eigenvalue weighted by Gasteiger charge is -2.15. The SMILES string of the molecule is COc1ccccc1-c1ccccc1Oc1cc(=O)n(O)c(=O)n1C. The van der Waals surface area contributed by atoms with Crippen molar-refractivity contribution in [1.29, 1.82) is 0 Å². The second kappa shape index (κ2) is 6.56. The molecule has 3 aromatic rings. The second-order valence-corrected chi connectivity index (χ2v) is 5.27. The number of rotatable bonds is 4. The minimum atomic E-state index is -0.891. The average Bonchev–Trinajstić information content (AvgIpc) is 2.64. The Morgan fingerprint density at radius 2 is 1.48 bits per heavy atom. The molecule has 25 heavy (non-hydrogen) atoms. The molecule has 2 aromatic carbocycles. The Balaban J connectivity index is 2.13. The Kier molecular flexibility index (Phi) is 4.30. The lowest BCUT2D eigenvalue weighted by Crippen LogP contribution is -2.37. The van der Waals surface area contributed by atoms with Gasteiger partial charge in [-0.3, -0.25) is 9.36 Å². The van der Waals surface area contributed by atoms with Gasteiger partial charge in [-0.05, 0) is 12.1 Å². The highest BCUT2D eigenvalue weighted by atomic mass is 16.5. The lowest BCUT2D eigenvalue weighted by molar-refractivity contribution is 0.153. The highest BCUT2D eigenvalue weighted by Crippen LogP contribution is 2.37. The van der Waals surface area contributed by atoms with E-state index in [1.807, 2.05) is 36.4 Å². The zero-order valence-electron chi connectivity index (χ0n) is 13.7. The summed E-state index contributed by atoms with van der Waals surface area (Å²) in [5.41, 5.74) is -0.216. The molecule has 0 bridgehead atoms. The summed E-state index contributed by atoms with van der Waals surface area (Å²) in [5.74, 6) is 1.12. The molecule has 0 amide bonds. The maximum absolute atomic E-state index is 11.8. The topological polar surface area (TPSA) is 82.7 Å². The Morgan fingerprint density at radius 1 is 0.920 bits per heavy atom. The van der Waals surface area contributed by atoms with Crippen LogP contribution in [0.15, 0.2) is 64.2 Å². The van der Waals surface area contributed by atoms with E-state index in [-0.39, 0.29) is 10.6 Å². The summed E-state index contributed by atoms with van der Waals surface area (Å²) in [7, 11) is 2.97. The number of aromatic nitrogens is 2. The van der Waals surface area contributed by atoms with Gasteiger partial charge in [-0.2, -0.15) is 0 Å². The first-order valence-corrected chi connectivity index (χ1v) is 7.45. The van der Waals surface area contributed by atoms with E-state index >= 15 is 0 Å². The van der Waals surface area contributed by atoms with Gasteiger partial charge < -0.3 is 14.7 Å². The van der Waals surface area contributed by atoms with Crippen LogP contribution in [0.1, 0.15) is 0 Å². The average molecular weight is 340 g/mol. The number of nitrogens with zero attached hydrogens (tertiary/aromatic N) is 2. The first-order chi connectivity index (χ1) is 12.0. The van der Waals surface area contributed by atoms with Gasteiger partial charge in [0, 0.05) is 18.2 Å². The molecular weight excluding hydrogens is 324 g/mol. The number of benzene rings is 2. The third-order valence-corrected chi connectivity index (χ3v) is 3.75. The Morgan fingerprint density at radius 3 is 2.12 bits per heavy atom. The van der Waals surface area contributed by atoms with Gasteiger partial charge in [0.25, 0.3) is 5.56 Å². The molecule has 0 aliphatic heterocycles. The van der Waals surface area contributed by atoms with Crippen molar-refractivity contribution < 1.29 is 14.7 Å². The van der Waals surface area contributed by atoms with Crippen LogP contribution in [-0.4, -0.2) is 21.6 Å². The zero-order chi connectivity index (χ0) is 18.0. The highest BCUT2D eigenvalue weighted by Gasteiger charge is 2.14. The van der Waals surface area contributed by atoms with E-state index in [4.69, 9.17) is 9.47 Å². The minimum Gasteiger partial charge on any atom is -0.496 e. The third kappa shape index (κ3) is 2.99. The van der Waals surface area contributed by atoms with Gasteiger partial charge in [-0.15, -0.1) is 0 Å². The number of hydrogen-bond donors (Lipinski definition) is 1. The smallest absolute Gasteiger partial charge is 0.366 e. The van der Waals surface area contributed by atoms with Crippen molar-refractivity contribution in [3.8, 4) is 28.5 Å². The Bertz CT molecular complexity index is 1040. The maximum atomic E-state index is 11.8. The molecule has 0 aliphatic carbocycles. The van der Waals surface area contributed by atoms with Crippen LogP contribution in [0.25, 0.3) is 11.1 Å². The van der Waals surface area contributed by atoms with Crippen LogP contribution in [0.4, 0.5) is 0 Å². The first-order valence-electron chi connectivity index (χ1n) is 7.45. The number of para-hydroxylation sites is 2. The largest absolute Gasteiger partial charge is 0.496 e. The fourth-order valence-corrected chi connectivity index (χ4v) is 2.45. The molecule has 0 spiro atoms. The minimum absolute atomic E-state index is 0.0163. The van der Waals surface area contributed by atoms with Gasteiger partial charge in [-0.25, -0.2) is 4.79 Å². The van der Waals surface area contributed by atoms with Gasteiger partial charge in [-0.1, -0.05) is 41.1 Å². The molecule has 1 aromatic heterocycles. The summed E-state index contributed by atoms with van der Waals surface area (Å²) < 4.78 is 12.2. The molecule has 0 aliphatic rings. The summed E-state index contributed by atoms with van der Waals surface area (Å²) >= 11 is 0. The Hall–Kier alpha value is -3.48. The summed E-state index contributed by atoms with van der Waals surface area (Å²) in [6, 6.07) is 15.7. The van der Waals surface area contributed by atoms with Crippen LogP contribution in [0.3, 0.4) is 0 Å². The van der Waals surface area contributed by atoms with Gasteiger partial charge in [0.05, 0.1) is 13.2 Å². The standard InChI is InChI=1S/C18H16N2O5/c1-19-17(11-16(21)20(23)18(19)22)25-15-10-6-4-8-13(15)12-7-3-5-9-14(12)24-2/h3-11,23H,1-2H3. The predicted molar refractivity (Wildman–Crippen MR) is 91.6 cm³/mol. The van der Waals surface area contributed by atoms with E-state index in [0.717, 1.165) is 21.8 Å². The van der Waals surface area contributed by atoms with Crippen molar-refractivity contribution in [2.75, 3.05) is 7.11 Å². The zero-order valence-corrected chi connectivity index (χ0v) is 13.7. The Labute approximate surface area is 142 Å². The second-order valence-electron chi connectivity index (χ2n) is 5.27. The van der Waals surface area contributed by atoms with Crippen LogP contribution in [0, 0.1) is 0 Å². The van der Waals surface area contributed by atoms with Crippen LogP contribution in [0.2, 0.25) is 0 Å². The molecule has 1 heterocycles. The summed E-state index contributed by atoms with van der Waals surface area (Å²) in [5, 5.41) is 9.38. The molecular formula is C18H16N2O5. The van der Waals surface area contributed by atoms with E-state index in [9.17, 15) is 14.8 Å². The number of hydrogen-bond acceptors (Lipinski definition) is 5. The van der Waals surface area contributed by atoms with Gasteiger partial charge >= 0.3 is 5.69 Å². The summed E-state index contributed by atoms with van der Waals surface area (Å²) in [6.07, 6.45) is 0. The van der Waals surface area contributed by atoms with Gasteiger partial charge in [0.1, 0.15) is 11.5 Å². The maximum Gasteiger partial charge on any atom is 0.366 e. The summed E-state index contributed by atoms with van der Waals surface area (Å²) in [4.78, 5) is 23.5. The predicted octanol–water partition coefficient (Wildman–Crippen LogP) is 2.25. The first kappa shape index (κ1) is 16.4. The van der Waals surface area contributed by atoms with Crippen LogP contribution < -0.4 is 20.7 Å². The van der Waals surface area contributed by atoms with Gasteiger partial charge in [0.15, 0.2) is 0 Å². The number of methoxy groups -OCH3 is 1. The molecule has 0 saturated carbocycles.